The largest absolute Gasteiger partial charge is 0.368 e. The number of benzene rings is 1. The third-order valence-corrected chi connectivity index (χ3v) is 4.08. The first-order valence-corrected chi connectivity index (χ1v) is 7.31. The summed E-state index contributed by atoms with van der Waals surface area (Å²) in [5.74, 6) is -0.472. The number of hydrogen-bond donors (Lipinski definition) is 2. The van der Waals surface area contributed by atoms with Crippen molar-refractivity contribution in [3.63, 3.8) is 0 Å². The standard InChI is InChI=1S/C16H19FN4O/c1-10-3-2-4-11(5-10)15-12(7-19-20-15)8-21-9-13(17)6-14(21)16(18)22/h2-5,7,13-14H,6,8-9H2,1H3,(H2,18,22)(H,19,20)/t13-,14+/m1/s1. The third-order valence-electron chi connectivity index (χ3n) is 4.08. The van der Waals surface area contributed by atoms with E-state index < -0.39 is 18.1 Å². The first-order chi connectivity index (χ1) is 10.5. The summed E-state index contributed by atoms with van der Waals surface area (Å²) < 4.78 is 13.6. The van der Waals surface area contributed by atoms with Crippen molar-refractivity contribution in [1.82, 2.24) is 15.1 Å². The molecular weight excluding hydrogens is 283 g/mol. The van der Waals surface area contributed by atoms with Crippen LogP contribution >= 0.6 is 0 Å². The fourth-order valence-corrected chi connectivity index (χ4v) is 3.02. The average molecular weight is 302 g/mol. The maximum Gasteiger partial charge on any atom is 0.234 e. The molecule has 1 aromatic carbocycles. The average Bonchev–Trinajstić information content (AvgIpc) is 3.06. The van der Waals surface area contributed by atoms with Crippen molar-refractivity contribution in [3.8, 4) is 11.3 Å². The van der Waals surface area contributed by atoms with Gasteiger partial charge in [0.05, 0.1) is 17.9 Å². The number of hydrogen-bond acceptors (Lipinski definition) is 3. The molecule has 116 valence electrons. The predicted octanol–water partition coefficient (Wildman–Crippen LogP) is 1.78. The van der Waals surface area contributed by atoms with E-state index in [4.69, 9.17) is 5.73 Å². The van der Waals surface area contributed by atoms with Crippen LogP contribution in [0, 0.1) is 6.92 Å². The summed E-state index contributed by atoms with van der Waals surface area (Å²) in [5, 5.41) is 7.09. The van der Waals surface area contributed by atoms with Crippen LogP contribution in [0.3, 0.4) is 0 Å². The molecule has 0 radical (unpaired) electrons. The number of carbonyl (C=O) groups is 1. The Hall–Kier alpha value is -2.21. The van der Waals surface area contributed by atoms with Crippen LogP contribution in [-0.4, -0.2) is 39.8 Å². The van der Waals surface area contributed by atoms with E-state index in [1.807, 2.05) is 25.1 Å². The SMILES string of the molecule is Cc1cccc(-c2[nH]ncc2CN2C[C@H](F)C[C@H]2C(N)=O)c1. The molecule has 2 aromatic rings. The lowest BCUT2D eigenvalue weighted by Crippen LogP contribution is -2.39. The Morgan fingerprint density at radius 2 is 2.36 bits per heavy atom. The number of halogens is 1. The lowest BCUT2D eigenvalue weighted by Gasteiger charge is -2.21. The Balaban J connectivity index is 1.85. The van der Waals surface area contributed by atoms with Gasteiger partial charge in [-0.25, -0.2) is 4.39 Å². The Bertz CT molecular complexity index is 684. The summed E-state index contributed by atoms with van der Waals surface area (Å²) in [7, 11) is 0. The molecular formula is C16H19FN4O. The third kappa shape index (κ3) is 2.87. The number of aryl methyl sites for hydroxylation is 1. The van der Waals surface area contributed by atoms with Gasteiger partial charge < -0.3 is 5.73 Å². The van der Waals surface area contributed by atoms with E-state index in [9.17, 15) is 9.18 Å². The highest BCUT2D eigenvalue weighted by atomic mass is 19.1. The highest BCUT2D eigenvalue weighted by Crippen LogP contribution is 2.27. The minimum absolute atomic E-state index is 0.174. The highest BCUT2D eigenvalue weighted by Gasteiger charge is 2.36. The highest BCUT2D eigenvalue weighted by molar-refractivity contribution is 5.80. The van der Waals surface area contributed by atoms with Gasteiger partial charge in [-0.05, 0) is 13.0 Å². The second-order valence-electron chi connectivity index (χ2n) is 5.82. The zero-order chi connectivity index (χ0) is 15.7. The smallest absolute Gasteiger partial charge is 0.234 e. The number of likely N-dealkylation sites (tertiary alicyclic amines) is 1. The van der Waals surface area contributed by atoms with E-state index in [2.05, 4.69) is 16.3 Å². The number of amides is 1. The first kappa shape index (κ1) is 14.7. The van der Waals surface area contributed by atoms with Gasteiger partial charge in [-0.2, -0.15) is 5.10 Å². The minimum Gasteiger partial charge on any atom is -0.368 e. The maximum absolute atomic E-state index is 13.6. The molecule has 3 rings (SSSR count). The summed E-state index contributed by atoms with van der Waals surface area (Å²) in [5.41, 5.74) is 9.39. The minimum atomic E-state index is -1.01. The topological polar surface area (TPSA) is 75.0 Å². The van der Waals surface area contributed by atoms with E-state index in [1.165, 1.54) is 0 Å². The number of carbonyl (C=O) groups excluding carboxylic acids is 1. The van der Waals surface area contributed by atoms with Crippen LogP contribution in [0.2, 0.25) is 0 Å². The fourth-order valence-electron chi connectivity index (χ4n) is 3.02. The quantitative estimate of drug-likeness (QED) is 0.904. The van der Waals surface area contributed by atoms with Crippen LogP contribution in [0.1, 0.15) is 17.5 Å². The maximum atomic E-state index is 13.6. The second-order valence-corrected chi connectivity index (χ2v) is 5.82. The van der Waals surface area contributed by atoms with Crippen molar-refractivity contribution >= 4 is 5.91 Å². The number of rotatable bonds is 4. The van der Waals surface area contributed by atoms with Crippen molar-refractivity contribution < 1.29 is 9.18 Å². The van der Waals surface area contributed by atoms with Crippen LogP contribution in [0.25, 0.3) is 11.3 Å². The summed E-state index contributed by atoms with van der Waals surface area (Å²) in [4.78, 5) is 13.3. The van der Waals surface area contributed by atoms with Gasteiger partial charge in [0, 0.05) is 30.6 Å². The summed E-state index contributed by atoms with van der Waals surface area (Å²) in [6.45, 7) is 2.71. The molecule has 5 nitrogen and oxygen atoms in total. The molecule has 2 heterocycles. The lowest BCUT2D eigenvalue weighted by atomic mass is 10.1. The van der Waals surface area contributed by atoms with Crippen LogP contribution < -0.4 is 5.73 Å². The number of aromatic amines is 1. The zero-order valence-corrected chi connectivity index (χ0v) is 12.4. The predicted molar refractivity (Wildman–Crippen MR) is 81.7 cm³/mol. The molecule has 0 saturated carbocycles. The van der Waals surface area contributed by atoms with Gasteiger partial charge in [-0.3, -0.25) is 14.8 Å². The Labute approximate surface area is 128 Å². The Morgan fingerprint density at radius 1 is 1.55 bits per heavy atom. The van der Waals surface area contributed by atoms with Crippen LogP contribution in [0.4, 0.5) is 4.39 Å². The van der Waals surface area contributed by atoms with Gasteiger partial charge in [0.15, 0.2) is 0 Å². The number of nitrogens with one attached hydrogen (secondary N) is 1. The van der Waals surface area contributed by atoms with E-state index in [0.29, 0.717) is 6.54 Å². The van der Waals surface area contributed by atoms with Crippen molar-refractivity contribution in [2.75, 3.05) is 6.54 Å². The molecule has 2 atom stereocenters. The van der Waals surface area contributed by atoms with Gasteiger partial charge >= 0.3 is 0 Å². The van der Waals surface area contributed by atoms with Gasteiger partial charge in [-0.15, -0.1) is 0 Å². The normalized spacial score (nSPS) is 22.1. The zero-order valence-electron chi connectivity index (χ0n) is 12.4. The molecule has 3 N–H and O–H groups in total. The van der Waals surface area contributed by atoms with E-state index in [1.54, 1.807) is 11.1 Å². The molecule has 0 aliphatic carbocycles. The summed E-state index contributed by atoms with van der Waals surface area (Å²) in [6.07, 6.45) is 0.889. The molecule has 1 saturated heterocycles. The van der Waals surface area contributed by atoms with Crippen molar-refractivity contribution in [2.24, 2.45) is 5.73 Å². The lowest BCUT2D eigenvalue weighted by molar-refractivity contribution is -0.122. The molecule has 0 spiro atoms. The van der Waals surface area contributed by atoms with E-state index in [-0.39, 0.29) is 13.0 Å². The number of alkyl halides is 1. The molecule has 6 heteroatoms. The monoisotopic (exact) mass is 302 g/mol. The Morgan fingerprint density at radius 3 is 3.09 bits per heavy atom. The fraction of sp³-hybridized carbons (Fsp3) is 0.375. The Kier molecular flexibility index (Phi) is 3.94. The van der Waals surface area contributed by atoms with E-state index in [0.717, 1.165) is 22.4 Å². The molecule has 1 aliphatic heterocycles. The van der Waals surface area contributed by atoms with Crippen molar-refractivity contribution in [3.05, 3.63) is 41.6 Å². The summed E-state index contributed by atoms with van der Waals surface area (Å²) >= 11 is 0. The molecule has 1 aromatic heterocycles. The molecule has 1 aliphatic rings. The second kappa shape index (κ2) is 5.88. The number of H-pyrrole nitrogens is 1. The summed E-state index contributed by atoms with van der Waals surface area (Å²) in [6, 6.07) is 7.52. The molecule has 0 bridgehead atoms. The van der Waals surface area contributed by atoms with Gasteiger partial charge in [0.2, 0.25) is 5.91 Å². The molecule has 0 unspecified atom stereocenters. The number of primary amides is 1. The number of nitrogens with two attached hydrogens (primary N) is 1. The van der Waals surface area contributed by atoms with Gasteiger partial charge in [-0.1, -0.05) is 23.8 Å². The molecule has 22 heavy (non-hydrogen) atoms. The molecule has 1 amide bonds. The number of aromatic nitrogens is 2. The van der Waals surface area contributed by atoms with Crippen LogP contribution in [-0.2, 0) is 11.3 Å². The van der Waals surface area contributed by atoms with Crippen LogP contribution in [0.5, 0.6) is 0 Å². The number of nitrogens with zero attached hydrogens (tertiary/aromatic N) is 2. The van der Waals surface area contributed by atoms with Crippen LogP contribution in [0.15, 0.2) is 30.5 Å². The van der Waals surface area contributed by atoms with Crippen molar-refractivity contribution in [2.45, 2.75) is 32.1 Å². The van der Waals surface area contributed by atoms with Crippen molar-refractivity contribution in [1.29, 1.82) is 0 Å². The van der Waals surface area contributed by atoms with Gasteiger partial charge in [0.25, 0.3) is 0 Å². The van der Waals surface area contributed by atoms with E-state index >= 15 is 0 Å². The van der Waals surface area contributed by atoms with Gasteiger partial charge in [0.1, 0.15) is 6.17 Å². The molecule has 1 fully saturated rings. The first-order valence-electron chi connectivity index (χ1n) is 7.31.